The van der Waals surface area contributed by atoms with E-state index in [0.29, 0.717) is 6.42 Å². The molecule has 2 atom stereocenters. The van der Waals surface area contributed by atoms with Gasteiger partial charge in [0, 0.05) is 19.4 Å². The van der Waals surface area contributed by atoms with E-state index in [1.165, 1.54) is 154 Å². The summed E-state index contributed by atoms with van der Waals surface area (Å²) in [5.41, 5.74) is 5.34. The molecule has 0 aromatic carbocycles. The molecular weight excluding hydrogens is 665 g/mol. The summed E-state index contributed by atoms with van der Waals surface area (Å²) in [5.74, 6) is -0.813. The molecule has 0 amide bonds. The molecule has 0 saturated carbocycles. The van der Waals surface area contributed by atoms with E-state index in [4.69, 9.17) is 24.3 Å². The smallest absolute Gasteiger partial charge is 0.462 e. The van der Waals surface area contributed by atoms with Crippen LogP contribution in [0.3, 0.4) is 0 Å². The van der Waals surface area contributed by atoms with Crippen LogP contribution in [0, 0.1) is 0 Å². The molecule has 10 heteroatoms. The van der Waals surface area contributed by atoms with Crippen molar-refractivity contribution in [1.82, 2.24) is 0 Å². The lowest BCUT2D eigenvalue weighted by atomic mass is 10.0. The predicted octanol–water partition coefficient (Wildman–Crippen LogP) is 12.1. The highest BCUT2D eigenvalue weighted by molar-refractivity contribution is 7.47. The average molecular weight is 748 g/mol. The van der Waals surface area contributed by atoms with Gasteiger partial charge in [0.1, 0.15) is 6.61 Å². The van der Waals surface area contributed by atoms with E-state index < -0.39 is 26.5 Å². The van der Waals surface area contributed by atoms with E-state index in [1.807, 2.05) is 0 Å². The van der Waals surface area contributed by atoms with E-state index >= 15 is 0 Å². The first-order chi connectivity index (χ1) is 24.8. The van der Waals surface area contributed by atoms with Crippen LogP contribution in [0.15, 0.2) is 0 Å². The Morgan fingerprint density at radius 1 is 0.510 bits per heavy atom. The van der Waals surface area contributed by atoms with Crippen molar-refractivity contribution < 1.29 is 37.6 Å². The van der Waals surface area contributed by atoms with Gasteiger partial charge in [-0.05, 0) is 12.8 Å². The normalized spacial score (nSPS) is 13.3. The number of carbonyl (C=O) groups is 2. The van der Waals surface area contributed by atoms with E-state index in [-0.39, 0.29) is 38.6 Å². The third-order valence-electron chi connectivity index (χ3n) is 9.49. The van der Waals surface area contributed by atoms with Gasteiger partial charge in [-0.2, -0.15) is 0 Å². The van der Waals surface area contributed by atoms with Crippen LogP contribution < -0.4 is 5.73 Å². The highest BCUT2D eigenvalue weighted by Crippen LogP contribution is 2.43. The second-order valence-electron chi connectivity index (χ2n) is 14.6. The van der Waals surface area contributed by atoms with Crippen LogP contribution in [0.4, 0.5) is 0 Å². The van der Waals surface area contributed by atoms with Crippen LogP contribution in [0.1, 0.15) is 219 Å². The molecule has 0 fully saturated rings. The summed E-state index contributed by atoms with van der Waals surface area (Å²) < 4.78 is 32.8. The van der Waals surface area contributed by atoms with Gasteiger partial charge in [0.2, 0.25) is 0 Å². The summed E-state index contributed by atoms with van der Waals surface area (Å²) in [6.45, 7) is 3.77. The van der Waals surface area contributed by atoms with Gasteiger partial charge in [-0.25, -0.2) is 4.57 Å². The number of nitrogens with two attached hydrogens (primary N) is 1. The van der Waals surface area contributed by atoms with Gasteiger partial charge >= 0.3 is 19.8 Å². The lowest BCUT2D eigenvalue weighted by Crippen LogP contribution is -2.29. The highest BCUT2D eigenvalue weighted by Gasteiger charge is 2.26. The van der Waals surface area contributed by atoms with Gasteiger partial charge in [-0.1, -0.05) is 194 Å². The SMILES string of the molecule is CCCCCCCCCCCCCCCCCCCC(=O)OCC(COP(=O)(O)OCCN)OC(=O)CCCCCCCCCCCCCCC. The molecule has 9 nitrogen and oxygen atoms in total. The van der Waals surface area contributed by atoms with E-state index in [0.717, 1.165) is 32.1 Å². The number of esters is 2. The molecule has 0 aromatic rings. The molecule has 0 rings (SSSR count). The lowest BCUT2D eigenvalue weighted by molar-refractivity contribution is -0.161. The quantitative estimate of drug-likeness (QED) is 0.0356. The Balaban J connectivity index is 4.09. The number of rotatable bonds is 41. The van der Waals surface area contributed by atoms with Gasteiger partial charge in [-0.3, -0.25) is 18.6 Å². The fourth-order valence-corrected chi connectivity index (χ4v) is 7.05. The third-order valence-corrected chi connectivity index (χ3v) is 10.5. The van der Waals surface area contributed by atoms with Crippen LogP contribution in [0.25, 0.3) is 0 Å². The fraction of sp³-hybridized carbons (Fsp3) is 0.951. The zero-order valence-electron chi connectivity index (χ0n) is 33.4. The molecule has 51 heavy (non-hydrogen) atoms. The molecule has 0 spiro atoms. The van der Waals surface area contributed by atoms with Crippen LogP contribution in [0.5, 0.6) is 0 Å². The minimum atomic E-state index is -4.36. The molecule has 0 bridgehead atoms. The van der Waals surface area contributed by atoms with Crippen molar-refractivity contribution in [3.8, 4) is 0 Å². The van der Waals surface area contributed by atoms with Crippen molar-refractivity contribution in [2.24, 2.45) is 5.73 Å². The maximum Gasteiger partial charge on any atom is 0.472 e. The van der Waals surface area contributed by atoms with E-state index in [2.05, 4.69) is 13.8 Å². The maximum atomic E-state index is 12.5. The topological polar surface area (TPSA) is 134 Å². The van der Waals surface area contributed by atoms with Crippen molar-refractivity contribution in [3.05, 3.63) is 0 Å². The Kier molecular flexibility index (Phi) is 38.0. The first-order valence-electron chi connectivity index (χ1n) is 21.5. The maximum absolute atomic E-state index is 12.5. The minimum absolute atomic E-state index is 0.0580. The summed E-state index contributed by atoms with van der Waals surface area (Å²) >= 11 is 0. The van der Waals surface area contributed by atoms with Gasteiger partial charge in [0.05, 0.1) is 13.2 Å². The number of ether oxygens (including phenoxy) is 2. The Hall–Kier alpha value is -0.990. The molecule has 2 unspecified atom stereocenters. The second-order valence-corrected chi connectivity index (χ2v) is 16.0. The lowest BCUT2D eigenvalue weighted by Gasteiger charge is -2.19. The molecule has 0 aliphatic carbocycles. The monoisotopic (exact) mass is 748 g/mol. The summed E-state index contributed by atoms with van der Waals surface area (Å²) in [6, 6.07) is 0. The van der Waals surface area contributed by atoms with Crippen molar-refractivity contribution in [1.29, 1.82) is 0 Å². The number of phosphoric ester groups is 1. The number of hydrogen-bond donors (Lipinski definition) is 2. The second kappa shape index (κ2) is 38.7. The van der Waals surface area contributed by atoms with Crippen LogP contribution in [0.2, 0.25) is 0 Å². The average Bonchev–Trinajstić information content (AvgIpc) is 3.11. The number of unbranched alkanes of at least 4 members (excludes halogenated alkanes) is 28. The fourth-order valence-electron chi connectivity index (χ4n) is 6.28. The van der Waals surface area contributed by atoms with Gasteiger partial charge in [0.15, 0.2) is 6.10 Å². The summed E-state index contributed by atoms with van der Waals surface area (Å²) in [6.07, 6.45) is 37.0. The van der Waals surface area contributed by atoms with E-state index in [9.17, 15) is 19.0 Å². The third kappa shape index (κ3) is 38.5. The number of phosphoric acid groups is 1. The molecule has 0 aliphatic rings. The molecule has 0 aromatic heterocycles. The molecule has 304 valence electrons. The highest BCUT2D eigenvalue weighted by atomic mass is 31.2. The van der Waals surface area contributed by atoms with E-state index in [1.54, 1.807) is 0 Å². The summed E-state index contributed by atoms with van der Waals surface area (Å²) in [5, 5.41) is 0. The Bertz CT molecular complexity index is 815. The van der Waals surface area contributed by atoms with Gasteiger partial charge < -0.3 is 20.1 Å². The Morgan fingerprint density at radius 3 is 1.20 bits per heavy atom. The molecule has 0 aliphatic heterocycles. The van der Waals surface area contributed by atoms with Crippen molar-refractivity contribution in [2.45, 2.75) is 225 Å². The van der Waals surface area contributed by atoms with Crippen LogP contribution >= 0.6 is 7.82 Å². The predicted molar refractivity (Wildman–Crippen MR) is 211 cm³/mol. The minimum Gasteiger partial charge on any atom is -0.462 e. The van der Waals surface area contributed by atoms with Crippen LogP contribution in [-0.4, -0.2) is 49.3 Å². The summed E-state index contributed by atoms with van der Waals surface area (Å²) in [4.78, 5) is 34.8. The summed E-state index contributed by atoms with van der Waals surface area (Å²) in [7, 11) is -4.36. The Labute approximate surface area is 314 Å². The zero-order valence-corrected chi connectivity index (χ0v) is 34.3. The molecule has 0 radical (unpaired) electrons. The zero-order chi connectivity index (χ0) is 37.5. The molecule has 3 N–H and O–H groups in total. The Morgan fingerprint density at radius 2 is 0.843 bits per heavy atom. The van der Waals surface area contributed by atoms with Gasteiger partial charge in [0.25, 0.3) is 0 Å². The molecular formula is C41H82NO8P. The standard InChI is InChI=1S/C41H82NO8P/c1-3-5-7-9-11-13-15-17-18-19-20-22-23-25-27-29-31-33-40(43)47-37-39(38-49-51(45,46)48-36-35-42)50-41(44)34-32-30-28-26-24-21-16-14-12-10-8-6-4-2/h39H,3-38,42H2,1-2H3,(H,45,46). The number of hydrogen-bond acceptors (Lipinski definition) is 8. The first-order valence-corrected chi connectivity index (χ1v) is 23.0. The van der Waals surface area contributed by atoms with Crippen molar-refractivity contribution in [2.75, 3.05) is 26.4 Å². The molecule has 0 heterocycles. The van der Waals surface area contributed by atoms with Gasteiger partial charge in [-0.15, -0.1) is 0 Å². The number of carbonyl (C=O) groups excluding carboxylic acids is 2. The van der Waals surface area contributed by atoms with Crippen molar-refractivity contribution in [3.63, 3.8) is 0 Å². The largest absolute Gasteiger partial charge is 0.472 e. The first kappa shape index (κ1) is 50.0. The van der Waals surface area contributed by atoms with Crippen LogP contribution in [-0.2, 0) is 32.7 Å². The molecule has 0 saturated heterocycles. The van der Waals surface area contributed by atoms with Crippen molar-refractivity contribution >= 4 is 19.8 Å².